The lowest BCUT2D eigenvalue weighted by atomic mass is 10.0. The molecule has 0 unspecified atom stereocenters. The fraction of sp³-hybridized carbons (Fsp3) is 0. The summed E-state index contributed by atoms with van der Waals surface area (Å²) in [4.78, 5) is 19.3. The second kappa shape index (κ2) is 5.84. The van der Waals surface area contributed by atoms with Crippen LogP contribution in [0.25, 0.3) is 21.8 Å². The summed E-state index contributed by atoms with van der Waals surface area (Å²) in [6.45, 7) is 0. The van der Waals surface area contributed by atoms with Gasteiger partial charge in [0.15, 0.2) is 0 Å². The molecule has 0 atom stereocenters. The lowest BCUT2D eigenvalue weighted by Gasteiger charge is -2.04. The number of hydrogen-bond donors (Lipinski definition) is 1. The number of rotatable bonds is 0. The molecule has 0 saturated heterocycles. The van der Waals surface area contributed by atoms with E-state index in [1.54, 1.807) is 12.3 Å². The molecule has 24 heavy (non-hydrogen) atoms. The Balaban J connectivity index is 2.00. The van der Waals surface area contributed by atoms with Crippen molar-refractivity contribution >= 4 is 33.4 Å². The normalized spacial score (nSPS) is 10.5. The number of pyridine rings is 2. The number of nitrogens with one attached hydrogen (secondary N) is 1. The third kappa shape index (κ3) is 2.54. The van der Waals surface area contributed by atoms with Crippen molar-refractivity contribution in [2.24, 2.45) is 0 Å². The predicted octanol–water partition coefficient (Wildman–Crippen LogP) is 4.13. The maximum absolute atomic E-state index is 12.2. The van der Waals surface area contributed by atoms with Crippen molar-refractivity contribution in [2.75, 3.05) is 0 Å². The summed E-state index contributed by atoms with van der Waals surface area (Å²) in [6.07, 6.45) is 1.65. The Morgan fingerprint density at radius 3 is 2.62 bits per heavy atom. The molecule has 3 nitrogen and oxygen atoms in total. The minimum atomic E-state index is -0.148. The zero-order valence-electron chi connectivity index (χ0n) is 12.5. The van der Waals surface area contributed by atoms with Gasteiger partial charge < -0.3 is 4.98 Å². The smallest absolute Gasteiger partial charge is 0.257 e. The standard InChI is InChI=1S/C20H11ClN2O/c21-15-5-3-4-13(12-15)8-9-14-10-11-22-19-18(14)16-6-1-2-7-17(16)20(24)23-19/h1-7,10-12H,(H,22,23,24). The first-order chi connectivity index (χ1) is 11.7. The molecule has 0 aliphatic heterocycles. The molecule has 4 rings (SSSR count). The van der Waals surface area contributed by atoms with Crippen molar-refractivity contribution in [3.8, 4) is 11.8 Å². The molecule has 2 aromatic carbocycles. The third-order valence-corrected chi connectivity index (χ3v) is 4.03. The maximum Gasteiger partial charge on any atom is 0.257 e. The number of fused-ring (bicyclic) bond motifs is 3. The van der Waals surface area contributed by atoms with E-state index in [0.717, 1.165) is 21.9 Å². The van der Waals surface area contributed by atoms with Gasteiger partial charge >= 0.3 is 0 Å². The van der Waals surface area contributed by atoms with Crippen LogP contribution >= 0.6 is 11.6 Å². The third-order valence-electron chi connectivity index (χ3n) is 3.79. The van der Waals surface area contributed by atoms with E-state index in [1.807, 2.05) is 48.5 Å². The summed E-state index contributed by atoms with van der Waals surface area (Å²) in [6, 6.07) is 16.7. The molecule has 0 spiro atoms. The fourth-order valence-electron chi connectivity index (χ4n) is 2.71. The van der Waals surface area contributed by atoms with Gasteiger partial charge in [-0.25, -0.2) is 4.98 Å². The van der Waals surface area contributed by atoms with Gasteiger partial charge in [-0.05, 0) is 35.7 Å². The fourth-order valence-corrected chi connectivity index (χ4v) is 2.90. The summed E-state index contributed by atoms with van der Waals surface area (Å²) >= 11 is 6.00. The highest BCUT2D eigenvalue weighted by atomic mass is 35.5. The molecule has 114 valence electrons. The van der Waals surface area contributed by atoms with Gasteiger partial charge in [0.1, 0.15) is 5.65 Å². The molecular weight excluding hydrogens is 320 g/mol. The molecule has 0 aliphatic rings. The minimum absolute atomic E-state index is 0.148. The quantitative estimate of drug-likeness (QED) is 0.389. The van der Waals surface area contributed by atoms with Gasteiger partial charge in [0.05, 0.1) is 0 Å². The largest absolute Gasteiger partial charge is 0.306 e. The van der Waals surface area contributed by atoms with Crippen LogP contribution in [0.4, 0.5) is 0 Å². The molecule has 2 aromatic heterocycles. The summed E-state index contributed by atoms with van der Waals surface area (Å²) in [5.41, 5.74) is 2.04. The van der Waals surface area contributed by atoms with E-state index < -0.39 is 0 Å². The molecule has 1 N–H and O–H groups in total. The first-order valence-corrected chi connectivity index (χ1v) is 7.77. The summed E-state index contributed by atoms with van der Waals surface area (Å²) < 4.78 is 0. The lowest BCUT2D eigenvalue weighted by molar-refractivity contribution is 1.25. The SMILES string of the molecule is O=c1[nH]c2nccc(C#Cc3cccc(Cl)c3)c2c2ccccc12. The van der Waals surface area contributed by atoms with Crippen molar-refractivity contribution in [2.45, 2.75) is 0 Å². The van der Waals surface area contributed by atoms with E-state index in [0.29, 0.717) is 16.1 Å². The Morgan fingerprint density at radius 2 is 1.79 bits per heavy atom. The second-order valence-corrected chi connectivity index (χ2v) is 5.78. The highest BCUT2D eigenvalue weighted by molar-refractivity contribution is 6.30. The van der Waals surface area contributed by atoms with Crippen molar-refractivity contribution in [1.82, 2.24) is 9.97 Å². The van der Waals surface area contributed by atoms with Crippen LogP contribution in [-0.2, 0) is 0 Å². The van der Waals surface area contributed by atoms with E-state index in [1.165, 1.54) is 0 Å². The number of aromatic nitrogens is 2. The van der Waals surface area contributed by atoms with Crippen LogP contribution in [0, 0.1) is 11.8 Å². The van der Waals surface area contributed by atoms with Crippen molar-refractivity contribution in [1.29, 1.82) is 0 Å². The molecule has 4 heteroatoms. The average molecular weight is 331 g/mol. The van der Waals surface area contributed by atoms with Gasteiger partial charge in [-0.1, -0.05) is 47.7 Å². The van der Waals surface area contributed by atoms with E-state index in [2.05, 4.69) is 21.8 Å². The van der Waals surface area contributed by atoms with Gasteiger partial charge in [-0.3, -0.25) is 4.79 Å². The van der Waals surface area contributed by atoms with E-state index >= 15 is 0 Å². The molecule has 2 heterocycles. The van der Waals surface area contributed by atoms with Crippen LogP contribution in [0.5, 0.6) is 0 Å². The monoisotopic (exact) mass is 330 g/mol. The lowest BCUT2D eigenvalue weighted by Crippen LogP contribution is -2.07. The first kappa shape index (κ1) is 14.5. The highest BCUT2D eigenvalue weighted by Gasteiger charge is 2.08. The molecule has 0 radical (unpaired) electrons. The van der Waals surface area contributed by atoms with E-state index in [-0.39, 0.29) is 5.56 Å². The Labute approximate surface area is 142 Å². The topological polar surface area (TPSA) is 45.8 Å². The van der Waals surface area contributed by atoms with Crippen LogP contribution in [0.1, 0.15) is 11.1 Å². The number of benzene rings is 2. The number of halogens is 1. The van der Waals surface area contributed by atoms with Crippen molar-refractivity contribution in [3.63, 3.8) is 0 Å². The zero-order chi connectivity index (χ0) is 16.5. The van der Waals surface area contributed by atoms with Gasteiger partial charge in [0.2, 0.25) is 0 Å². The predicted molar refractivity (Wildman–Crippen MR) is 97.3 cm³/mol. The van der Waals surface area contributed by atoms with Crippen LogP contribution in [-0.4, -0.2) is 9.97 Å². The van der Waals surface area contributed by atoms with Gasteiger partial charge in [0.25, 0.3) is 5.56 Å². The van der Waals surface area contributed by atoms with E-state index in [4.69, 9.17) is 11.6 Å². The molecule has 0 saturated carbocycles. The first-order valence-electron chi connectivity index (χ1n) is 7.40. The Hall–Kier alpha value is -3.09. The van der Waals surface area contributed by atoms with Crippen molar-refractivity contribution < 1.29 is 0 Å². The molecule has 0 aliphatic carbocycles. The number of nitrogens with zero attached hydrogens (tertiary/aromatic N) is 1. The second-order valence-electron chi connectivity index (χ2n) is 5.34. The Morgan fingerprint density at radius 1 is 0.958 bits per heavy atom. The molecule has 0 fully saturated rings. The van der Waals surface area contributed by atoms with Crippen LogP contribution < -0.4 is 5.56 Å². The molecule has 0 amide bonds. The summed E-state index contributed by atoms with van der Waals surface area (Å²) in [5.74, 6) is 6.29. The van der Waals surface area contributed by atoms with Gasteiger partial charge in [-0.2, -0.15) is 0 Å². The number of H-pyrrole nitrogens is 1. The summed E-state index contributed by atoms with van der Waals surface area (Å²) in [5, 5.41) is 2.97. The zero-order valence-corrected chi connectivity index (χ0v) is 13.3. The van der Waals surface area contributed by atoms with Crippen LogP contribution in [0.15, 0.2) is 65.6 Å². The Bertz CT molecular complexity index is 1200. The minimum Gasteiger partial charge on any atom is -0.306 e. The van der Waals surface area contributed by atoms with Gasteiger partial charge in [0, 0.05) is 33.1 Å². The number of hydrogen-bond acceptors (Lipinski definition) is 2. The maximum atomic E-state index is 12.2. The molecular formula is C20H11ClN2O. The highest BCUT2D eigenvalue weighted by Crippen LogP contribution is 2.23. The van der Waals surface area contributed by atoms with Crippen LogP contribution in [0.2, 0.25) is 5.02 Å². The Kier molecular flexibility index (Phi) is 3.53. The summed E-state index contributed by atoms with van der Waals surface area (Å²) in [7, 11) is 0. The number of aromatic amines is 1. The van der Waals surface area contributed by atoms with Gasteiger partial charge in [-0.15, -0.1) is 0 Å². The van der Waals surface area contributed by atoms with Crippen molar-refractivity contribution in [3.05, 3.63) is 87.3 Å². The average Bonchev–Trinajstić information content (AvgIpc) is 2.60. The molecule has 0 bridgehead atoms. The molecule has 4 aromatic rings. The van der Waals surface area contributed by atoms with E-state index in [9.17, 15) is 4.79 Å². The van der Waals surface area contributed by atoms with Crippen LogP contribution in [0.3, 0.4) is 0 Å².